The van der Waals surface area contributed by atoms with E-state index < -0.39 is 60.5 Å². The zero-order valence-electron chi connectivity index (χ0n) is 15.1. The van der Waals surface area contributed by atoms with Crippen molar-refractivity contribution in [2.24, 2.45) is 0 Å². The number of quaternary nitrogens is 1. The van der Waals surface area contributed by atoms with Crippen molar-refractivity contribution in [3.63, 3.8) is 0 Å². The quantitative estimate of drug-likeness (QED) is 0.116. The van der Waals surface area contributed by atoms with Gasteiger partial charge in [-0.3, -0.25) is 18.7 Å². The number of nitrogens with zero attached hydrogens (tertiary/aromatic N) is 1. The summed E-state index contributed by atoms with van der Waals surface area (Å²) in [6, 6.07) is 3.48. The van der Waals surface area contributed by atoms with Gasteiger partial charge in [-0.2, -0.15) is 0 Å². The van der Waals surface area contributed by atoms with Crippen molar-refractivity contribution in [1.29, 1.82) is 0 Å². The molecule has 0 saturated carbocycles. The summed E-state index contributed by atoms with van der Waals surface area (Å²) >= 11 is 0. The lowest BCUT2D eigenvalue weighted by Crippen LogP contribution is -2.42. The average molecular weight is 456 g/mol. The van der Waals surface area contributed by atoms with E-state index in [9.17, 15) is 53.4 Å². The van der Waals surface area contributed by atoms with E-state index in [4.69, 9.17) is 5.11 Å². The predicted octanol–water partition coefficient (Wildman–Crippen LogP) is -0.229. The molecule has 1 aromatic carbocycles. The Balaban J connectivity index is 3.69. The van der Waals surface area contributed by atoms with E-state index in [2.05, 4.69) is 0 Å². The van der Waals surface area contributed by atoms with Crippen molar-refractivity contribution in [3.05, 3.63) is 35.4 Å². The summed E-state index contributed by atoms with van der Waals surface area (Å²) in [4.78, 5) is 73.1. The lowest BCUT2D eigenvalue weighted by molar-refractivity contribution is -1.00. The number of rotatable bonds is 8. The van der Waals surface area contributed by atoms with Crippen LogP contribution in [0.5, 0.6) is 0 Å². The van der Waals surface area contributed by atoms with E-state index in [0.29, 0.717) is 0 Å². The van der Waals surface area contributed by atoms with Gasteiger partial charge in [0.1, 0.15) is 14.1 Å². The van der Waals surface area contributed by atoms with Crippen molar-refractivity contribution in [2.75, 3.05) is 14.1 Å². The number of amides is 1. The zero-order chi connectivity index (χ0) is 23.0. The molecule has 2 atom stereocenters. The molecule has 1 amide bonds. The third-order valence-electron chi connectivity index (χ3n) is 4.14. The molecule has 2 unspecified atom stereocenters. The molecule has 0 fully saturated rings. The Morgan fingerprint density at radius 3 is 1.72 bits per heavy atom. The lowest BCUT2D eigenvalue weighted by Gasteiger charge is -2.32. The first-order valence-electron chi connectivity index (χ1n) is 7.65. The monoisotopic (exact) mass is 456 g/mol. The molecule has 7 N–H and O–H groups in total. The smallest absolute Gasteiger partial charge is 0.377 e. The van der Waals surface area contributed by atoms with E-state index in [1.807, 2.05) is 0 Å². The Morgan fingerprint density at radius 1 is 1.00 bits per heavy atom. The van der Waals surface area contributed by atoms with Crippen LogP contribution in [0.4, 0.5) is 0 Å². The summed E-state index contributed by atoms with van der Waals surface area (Å²) < 4.78 is 22.5. The van der Waals surface area contributed by atoms with Crippen LogP contribution in [-0.2, 0) is 23.9 Å². The molecule has 1 aromatic rings. The van der Waals surface area contributed by atoms with Gasteiger partial charge in [-0.1, -0.05) is 12.1 Å². The normalized spacial score (nSPS) is 16.0. The number of carboxylic acid groups (broad SMARTS) is 2. The minimum atomic E-state index is -5.76. The number of hydroxylamine groups is 3. The van der Waals surface area contributed by atoms with Crippen molar-refractivity contribution in [3.8, 4) is 0 Å². The Bertz CT molecular complexity index is 910. The molecule has 0 aliphatic carbocycles. The van der Waals surface area contributed by atoms with E-state index >= 15 is 0 Å². The van der Waals surface area contributed by atoms with Crippen LogP contribution in [0.2, 0.25) is 0 Å². The van der Waals surface area contributed by atoms with Gasteiger partial charge in [0.05, 0.1) is 5.56 Å². The molecular formula is C14H20NO12P2+. The fourth-order valence-electron chi connectivity index (χ4n) is 2.57. The molecule has 0 spiro atoms. The average Bonchev–Trinajstić information content (AvgIpc) is 2.51. The maximum atomic E-state index is 12.1. The summed E-state index contributed by atoms with van der Waals surface area (Å²) in [5.41, 5.74) is -3.57. The van der Waals surface area contributed by atoms with Gasteiger partial charge in [0.2, 0.25) is 0 Å². The standard InChI is InChI=1S/C14H19NO12P2/c1-15(2,21)11(16)8-3-5-9(6-4-8)14(13(19)20,29(25,26)27)7-10(12(17)18)28(22,23)24/h3-6,10,21H,7H2,1-2H3,(H5-,17,18,19,20,22,23,24,25,26,27)/p+1. The summed E-state index contributed by atoms with van der Waals surface area (Å²) in [5, 5.41) is 25.0. The second-order valence-electron chi connectivity index (χ2n) is 6.63. The summed E-state index contributed by atoms with van der Waals surface area (Å²) in [5.74, 6) is -5.22. The first kappa shape index (κ1) is 25.1. The highest BCUT2D eigenvalue weighted by Gasteiger charge is 2.59. The second-order valence-corrected chi connectivity index (χ2v) is 10.3. The molecule has 0 aliphatic heterocycles. The summed E-state index contributed by atoms with van der Waals surface area (Å²) in [6.45, 7) is 0. The van der Waals surface area contributed by atoms with Gasteiger partial charge in [0.25, 0.3) is 0 Å². The van der Waals surface area contributed by atoms with Gasteiger partial charge < -0.3 is 29.8 Å². The molecule has 0 bridgehead atoms. The van der Waals surface area contributed by atoms with Crippen LogP contribution in [0.25, 0.3) is 0 Å². The van der Waals surface area contributed by atoms with Crippen LogP contribution in [0.15, 0.2) is 24.3 Å². The highest BCUT2D eigenvalue weighted by atomic mass is 31.2. The van der Waals surface area contributed by atoms with Gasteiger partial charge >= 0.3 is 33.0 Å². The second kappa shape index (κ2) is 8.05. The first-order chi connectivity index (χ1) is 12.9. The number of carboxylic acids is 2. The Kier molecular flexibility index (Phi) is 6.97. The zero-order valence-corrected chi connectivity index (χ0v) is 16.9. The highest BCUT2D eigenvalue weighted by Crippen LogP contribution is 2.62. The molecule has 0 heterocycles. The molecule has 0 radical (unpaired) electrons. The third-order valence-corrected chi connectivity index (χ3v) is 6.98. The van der Waals surface area contributed by atoms with E-state index in [1.165, 1.54) is 0 Å². The fraction of sp³-hybridized carbons (Fsp3) is 0.357. The number of hydrogen-bond acceptors (Lipinski definition) is 6. The predicted molar refractivity (Wildman–Crippen MR) is 94.1 cm³/mol. The van der Waals surface area contributed by atoms with Crippen LogP contribution in [-0.4, -0.2) is 77.2 Å². The minimum Gasteiger partial charge on any atom is -0.481 e. The largest absolute Gasteiger partial charge is 0.481 e. The molecule has 0 aliphatic rings. The van der Waals surface area contributed by atoms with Crippen LogP contribution >= 0.6 is 15.2 Å². The van der Waals surface area contributed by atoms with Crippen molar-refractivity contribution >= 4 is 33.0 Å². The number of carbonyl (C=O) groups is 3. The molecule has 29 heavy (non-hydrogen) atoms. The van der Waals surface area contributed by atoms with Gasteiger partial charge in [0.15, 0.2) is 10.8 Å². The molecule has 0 aromatic heterocycles. The number of benzene rings is 1. The maximum absolute atomic E-state index is 12.1. The van der Waals surface area contributed by atoms with E-state index in [-0.39, 0.29) is 5.56 Å². The molecule has 13 nitrogen and oxygen atoms in total. The fourth-order valence-corrected chi connectivity index (χ4v) is 4.67. The van der Waals surface area contributed by atoms with Gasteiger partial charge in [-0.05, 0) is 17.7 Å². The van der Waals surface area contributed by atoms with Crippen molar-refractivity contribution < 1.29 is 63.2 Å². The van der Waals surface area contributed by atoms with Crippen molar-refractivity contribution in [1.82, 2.24) is 0 Å². The Morgan fingerprint density at radius 2 is 1.45 bits per heavy atom. The molecular weight excluding hydrogens is 436 g/mol. The number of carbonyl (C=O) groups excluding carboxylic acids is 1. The maximum Gasteiger partial charge on any atom is 0.377 e. The summed E-state index contributed by atoms with van der Waals surface area (Å²) in [7, 11) is -9.03. The van der Waals surface area contributed by atoms with E-state index in [0.717, 1.165) is 38.4 Å². The number of hydrogen-bond donors (Lipinski definition) is 7. The van der Waals surface area contributed by atoms with Crippen molar-refractivity contribution in [2.45, 2.75) is 17.2 Å². The van der Waals surface area contributed by atoms with Crippen LogP contribution < -0.4 is 0 Å². The number of aliphatic carboxylic acids is 2. The van der Waals surface area contributed by atoms with Crippen LogP contribution in [0.1, 0.15) is 22.3 Å². The Hall–Kier alpha value is -1.95. The molecule has 15 heteroatoms. The third kappa shape index (κ3) is 5.16. The molecule has 0 saturated heterocycles. The molecule has 162 valence electrons. The van der Waals surface area contributed by atoms with Crippen LogP contribution in [0, 0.1) is 0 Å². The minimum absolute atomic E-state index is 0.170. The topological polar surface area (TPSA) is 227 Å². The van der Waals surface area contributed by atoms with Gasteiger partial charge in [-0.15, -0.1) is 4.65 Å². The molecule has 1 rings (SSSR count). The van der Waals surface area contributed by atoms with E-state index in [1.54, 1.807) is 0 Å². The highest BCUT2D eigenvalue weighted by molar-refractivity contribution is 7.55. The van der Waals surface area contributed by atoms with Crippen LogP contribution in [0.3, 0.4) is 0 Å². The Labute approximate surface area is 163 Å². The first-order valence-corrected chi connectivity index (χ1v) is 10.9. The van der Waals surface area contributed by atoms with Gasteiger partial charge in [-0.25, -0.2) is 10.0 Å². The van der Waals surface area contributed by atoms with Gasteiger partial charge in [0, 0.05) is 6.42 Å². The summed E-state index contributed by atoms with van der Waals surface area (Å²) in [6.07, 6.45) is -1.62. The lowest BCUT2D eigenvalue weighted by atomic mass is 9.92. The SMILES string of the molecule is C[N+](C)(O)C(=O)c1ccc(C(CC(C(=O)O)P(=O)(O)O)(C(=O)O)P(=O)(O)O)cc1.